The third kappa shape index (κ3) is 3.33. The van der Waals surface area contributed by atoms with E-state index in [-0.39, 0.29) is 11.6 Å². The number of hydrogen-bond donors (Lipinski definition) is 2. The molecule has 1 atom stereocenters. The average Bonchev–Trinajstić information content (AvgIpc) is 3.06. The van der Waals surface area contributed by atoms with Gasteiger partial charge in [-0.2, -0.15) is 0 Å². The summed E-state index contributed by atoms with van der Waals surface area (Å²) in [5, 5.41) is 6.02. The summed E-state index contributed by atoms with van der Waals surface area (Å²) in [7, 11) is 0. The number of carbonyl (C=O) groups is 1. The first-order valence-corrected chi connectivity index (χ1v) is 5.96. The molecule has 5 heteroatoms. The highest BCUT2D eigenvalue weighted by Gasteiger charge is 2.25. The Labute approximate surface area is 104 Å². The Kier molecular flexibility index (Phi) is 3.52. The van der Waals surface area contributed by atoms with Crippen LogP contribution in [0.1, 0.15) is 19.8 Å². The van der Waals surface area contributed by atoms with Crippen molar-refractivity contribution >= 4 is 23.2 Å². The minimum atomic E-state index is -0.466. The van der Waals surface area contributed by atoms with Crippen LogP contribution < -0.4 is 10.6 Å². The zero-order valence-electron chi connectivity index (χ0n) is 9.47. The molecular formula is C12H14ClFN2O. The lowest BCUT2D eigenvalue weighted by Crippen LogP contribution is -2.38. The maximum atomic E-state index is 13.5. The second-order valence-corrected chi connectivity index (χ2v) is 4.71. The smallest absolute Gasteiger partial charge is 0.242 e. The van der Waals surface area contributed by atoms with E-state index in [0.717, 1.165) is 12.8 Å². The van der Waals surface area contributed by atoms with Gasteiger partial charge < -0.3 is 10.6 Å². The Morgan fingerprint density at radius 1 is 1.53 bits per heavy atom. The number of rotatable bonds is 4. The third-order valence-electron chi connectivity index (χ3n) is 2.62. The molecule has 0 aliphatic heterocycles. The summed E-state index contributed by atoms with van der Waals surface area (Å²) in [5.41, 5.74) is 0.285. The molecule has 0 spiro atoms. The SMILES string of the molecule is CC(Nc1ccc(Cl)cc1F)C(=O)NC1CC1. The number of halogens is 2. The van der Waals surface area contributed by atoms with Crippen molar-refractivity contribution in [2.24, 2.45) is 0 Å². The predicted octanol–water partition coefficient (Wildman–Crippen LogP) is 2.56. The normalized spacial score (nSPS) is 16.4. The number of amides is 1. The van der Waals surface area contributed by atoms with E-state index in [9.17, 15) is 9.18 Å². The molecule has 3 nitrogen and oxygen atoms in total. The zero-order valence-corrected chi connectivity index (χ0v) is 10.2. The summed E-state index contributed by atoms with van der Waals surface area (Å²) in [4.78, 5) is 11.7. The first-order valence-electron chi connectivity index (χ1n) is 5.58. The molecule has 0 bridgehead atoms. The second kappa shape index (κ2) is 4.92. The molecule has 1 saturated carbocycles. The minimum Gasteiger partial charge on any atom is -0.372 e. The summed E-state index contributed by atoms with van der Waals surface area (Å²) in [5.74, 6) is -0.564. The van der Waals surface area contributed by atoms with Crippen LogP contribution in [0.5, 0.6) is 0 Å². The molecule has 1 aliphatic carbocycles. The highest BCUT2D eigenvalue weighted by molar-refractivity contribution is 6.30. The Morgan fingerprint density at radius 3 is 2.82 bits per heavy atom. The van der Waals surface area contributed by atoms with E-state index in [4.69, 9.17) is 11.6 Å². The van der Waals surface area contributed by atoms with E-state index >= 15 is 0 Å². The maximum absolute atomic E-state index is 13.5. The molecule has 0 radical (unpaired) electrons. The first kappa shape index (κ1) is 12.2. The second-order valence-electron chi connectivity index (χ2n) is 4.27. The van der Waals surface area contributed by atoms with Crippen molar-refractivity contribution in [1.82, 2.24) is 5.32 Å². The Hall–Kier alpha value is -1.29. The molecule has 1 aromatic carbocycles. The monoisotopic (exact) mass is 256 g/mol. The lowest BCUT2D eigenvalue weighted by Gasteiger charge is -2.15. The van der Waals surface area contributed by atoms with E-state index in [1.807, 2.05) is 0 Å². The van der Waals surface area contributed by atoms with Crippen molar-refractivity contribution in [3.63, 3.8) is 0 Å². The molecule has 0 saturated heterocycles. The van der Waals surface area contributed by atoms with Gasteiger partial charge in [0.25, 0.3) is 0 Å². The van der Waals surface area contributed by atoms with Crippen LogP contribution in [0.3, 0.4) is 0 Å². The molecule has 1 fully saturated rings. The van der Waals surface area contributed by atoms with Crippen molar-refractivity contribution in [3.05, 3.63) is 29.0 Å². The van der Waals surface area contributed by atoms with Crippen LogP contribution in [-0.4, -0.2) is 18.0 Å². The van der Waals surface area contributed by atoms with Gasteiger partial charge in [-0.15, -0.1) is 0 Å². The molecular weight excluding hydrogens is 243 g/mol. The van der Waals surface area contributed by atoms with E-state index < -0.39 is 11.9 Å². The van der Waals surface area contributed by atoms with Crippen molar-refractivity contribution < 1.29 is 9.18 Å². The standard InChI is InChI=1S/C12H14ClFN2O/c1-7(12(17)16-9-3-4-9)15-11-5-2-8(13)6-10(11)14/h2,5-7,9,15H,3-4H2,1H3,(H,16,17). The largest absolute Gasteiger partial charge is 0.372 e. The number of hydrogen-bond acceptors (Lipinski definition) is 2. The van der Waals surface area contributed by atoms with E-state index in [0.29, 0.717) is 11.1 Å². The Morgan fingerprint density at radius 2 is 2.24 bits per heavy atom. The number of nitrogens with one attached hydrogen (secondary N) is 2. The molecule has 17 heavy (non-hydrogen) atoms. The molecule has 2 rings (SSSR count). The molecule has 1 amide bonds. The number of anilines is 1. The van der Waals surface area contributed by atoms with Gasteiger partial charge in [-0.25, -0.2) is 4.39 Å². The molecule has 1 aromatic rings. The van der Waals surface area contributed by atoms with Crippen molar-refractivity contribution in [1.29, 1.82) is 0 Å². The van der Waals surface area contributed by atoms with Crippen LogP contribution in [-0.2, 0) is 4.79 Å². The fourth-order valence-electron chi connectivity index (χ4n) is 1.46. The van der Waals surface area contributed by atoms with Gasteiger partial charge in [-0.3, -0.25) is 4.79 Å². The van der Waals surface area contributed by atoms with Gasteiger partial charge in [0.15, 0.2) is 0 Å². The maximum Gasteiger partial charge on any atom is 0.242 e. The third-order valence-corrected chi connectivity index (χ3v) is 2.86. The average molecular weight is 257 g/mol. The highest BCUT2D eigenvalue weighted by Crippen LogP contribution is 2.21. The topological polar surface area (TPSA) is 41.1 Å². The van der Waals surface area contributed by atoms with Crippen LogP contribution in [0.2, 0.25) is 5.02 Å². The van der Waals surface area contributed by atoms with Gasteiger partial charge >= 0.3 is 0 Å². The van der Waals surface area contributed by atoms with Gasteiger partial charge in [-0.1, -0.05) is 11.6 Å². The van der Waals surface area contributed by atoms with Crippen LogP contribution in [0.4, 0.5) is 10.1 Å². The van der Waals surface area contributed by atoms with E-state index in [2.05, 4.69) is 10.6 Å². The molecule has 0 heterocycles. The fourth-order valence-corrected chi connectivity index (χ4v) is 1.62. The first-order chi connectivity index (χ1) is 8.06. The van der Waals surface area contributed by atoms with Crippen LogP contribution in [0.25, 0.3) is 0 Å². The lowest BCUT2D eigenvalue weighted by atomic mass is 10.2. The van der Waals surface area contributed by atoms with Gasteiger partial charge in [-0.05, 0) is 38.0 Å². The van der Waals surface area contributed by atoms with Crippen molar-refractivity contribution in [3.8, 4) is 0 Å². The Bertz CT molecular complexity index is 435. The summed E-state index contributed by atoms with van der Waals surface area (Å²) in [6, 6.07) is 4.17. The van der Waals surface area contributed by atoms with Crippen LogP contribution in [0.15, 0.2) is 18.2 Å². The van der Waals surface area contributed by atoms with Crippen LogP contribution >= 0.6 is 11.6 Å². The summed E-state index contributed by atoms with van der Waals surface area (Å²) < 4.78 is 13.5. The van der Waals surface area contributed by atoms with E-state index in [1.54, 1.807) is 13.0 Å². The van der Waals surface area contributed by atoms with Crippen LogP contribution in [0, 0.1) is 5.82 Å². The predicted molar refractivity (Wildman–Crippen MR) is 65.7 cm³/mol. The number of benzene rings is 1. The van der Waals surface area contributed by atoms with Gasteiger partial charge in [0.1, 0.15) is 11.9 Å². The zero-order chi connectivity index (χ0) is 12.4. The van der Waals surface area contributed by atoms with Crippen molar-refractivity contribution in [2.75, 3.05) is 5.32 Å². The minimum absolute atomic E-state index is 0.109. The molecule has 1 unspecified atom stereocenters. The summed E-state index contributed by atoms with van der Waals surface area (Å²) in [6.45, 7) is 1.70. The molecule has 0 aromatic heterocycles. The Balaban J connectivity index is 1.96. The lowest BCUT2D eigenvalue weighted by molar-refractivity contribution is -0.121. The quantitative estimate of drug-likeness (QED) is 0.869. The number of carbonyl (C=O) groups excluding carboxylic acids is 1. The van der Waals surface area contributed by atoms with Gasteiger partial charge in [0, 0.05) is 11.1 Å². The van der Waals surface area contributed by atoms with E-state index in [1.165, 1.54) is 12.1 Å². The summed E-state index contributed by atoms with van der Waals surface area (Å²) in [6.07, 6.45) is 2.07. The molecule has 2 N–H and O–H groups in total. The van der Waals surface area contributed by atoms with Gasteiger partial charge in [0.2, 0.25) is 5.91 Å². The highest BCUT2D eigenvalue weighted by atomic mass is 35.5. The van der Waals surface area contributed by atoms with Gasteiger partial charge in [0.05, 0.1) is 5.69 Å². The molecule has 92 valence electrons. The fraction of sp³-hybridized carbons (Fsp3) is 0.417. The van der Waals surface area contributed by atoms with Crippen molar-refractivity contribution in [2.45, 2.75) is 31.8 Å². The summed E-state index contributed by atoms with van der Waals surface area (Å²) >= 11 is 5.65. The molecule has 1 aliphatic rings.